The smallest absolute Gasteiger partial charge is 0.226 e. The molecule has 0 aliphatic rings. The van der Waals surface area contributed by atoms with E-state index < -0.39 is 0 Å². The molecule has 0 unspecified atom stereocenters. The number of hydrogen-bond acceptors (Lipinski definition) is 4. The number of aryl methyl sites for hydroxylation is 2. The van der Waals surface area contributed by atoms with Crippen molar-refractivity contribution in [3.8, 4) is 5.69 Å². The molecule has 0 saturated heterocycles. The van der Waals surface area contributed by atoms with Crippen molar-refractivity contribution in [2.24, 2.45) is 0 Å². The summed E-state index contributed by atoms with van der Waals surface area (Å²) in [7, 11) is 0. The molecule has 124 valence electrons. The molecule has 0 aliphatic heterocycles. The first-order valence-corrected chi connectivity index (χ1v) is 8.69. The van der Waals surface area contributed by atoms with Crippen LogP contribution in [0.4, 0.5) is 5.13 Å². The third kappa shape index (κ3) is 3.54. The third-order valence-corrected chi connectivity index (χ3v) is 4.74. The van der Waals surface area contributed by atoms with Crippen molar-refractivity contribution in [2.75, 3.05) is 5.32 Å². The Morgan fingerprint density at radius 1 is 1.21 bits per heavy atom. The molecule has 5 nitrogen and oxygen atoms in total. The van der Waals surface area contributed by atoms with Crippen molar-refractivity contribution in [3.63, 3.8) is 0 Å². The first kappa shape index (κ1) is 16.4. The van der Waals surface area contributed by atoms with Gasteiger partial charge in [0.15, 0.2) is 5.13 Å². The second-order valence-electron chi connectivity index (χ2n) is 5.72. The van der Waals surface area contributed by atoms with E-state index in [2.05, 4.69) is 15.4 Å². The van der Waals surface area contributed by atoms with E-state index >= 15 is 0 Å². The van der Waals surface area contributed by atoms with Crippen LogP contribution >= 0.6 is 11.3 Å². The second-order valence-corrected chi connectivity index (χ2v) is 6.96. The second kappa shape index (κ2) is 6.97. The molecule has 6 heteroatoms. The Bertz CT molecular complexity index is 851. The van der Waals surface area contributed by atoms with Gasteiger partial charge in [0.2, 0.25) is 5.91 Å². The number of carbonyl (C=O) groups excluding carboxylic acids is 1. The van der Waals surface area contributed by atoms with E-state index in [1.54, 1.807) is 6.20 Å². The van der Waals surface area contributed by atoms with Gasteiger partial charge in [0.25, 0.3) is 0 Å². The number of rotatable bonds is 5. The van der Waals surface area contributed by atoms with E-state index in [9.17, 15) is 4.79 Å². The van der Waals surface area contributed by atoms with Crippen LogP contribution in [0, 0.1) is 20.8 Å². The van der Waals surface area contributed by atoms with Gasteiger partial charge >= 0.3 is 0 Å². The summed E-state index contributed by atoms with van der Waals surface area (Å²) < 4.78 is 1.94. The predicted octanol–water partition coefficient (Wildman–Crippen LogP) is 3.83. The van der Waals surface area contributed by atoms with Gasteiger partial charge < -0.3 is 5.32 Å². The number of nitrogens with one attached hydrogen (secondary N) is 1. The minimum absolute atomic E-state index is 0.0180. The van der Waals surface area contributed by atoms with Crippen LogP contribution in [0.15, 0.2) is 36.5 Å². The summed E-state index contributed by atoms with van der Waals surface area (Å²) in [6, 6.07) is 10.0. The fourth-order valence-electron chi connectivity index (χ4n) is 2.69. The molecule has 0 saturated carbocycles. The Morgan fingerprint density at radius 2 is 1.96 bits per heavy atom. The minimum Gasteiger partial charge on any atom is -0.302 e. The number of amides is 1. The molecule has 0 bridgehead atoms. The predicted molar refractivity (Wildman–Crippen MR) is 96.8 cm³/mol. The van der Waals surface area contributed by atoms with Gasteiger partial charge in [0.1, 0.15) is 0 Å². The molecule has 3 aromatic rings. The zero-order valence-corrected chi connectivity index (χ0v) is 14.9. The van der Waals surface area contributed by atoms with Crippen LogP contribution in [-0.4, -0.2) is 20.7 Å². The zero-order valence-electron chi connectivity index (χ0n) is 14.0. The van der Waals surface area contributed by atoms with E-state index in [0.717, 1.165) is 27.5 Å². The van der Waals surface area contributed by atoms with Crippen molar-refractivity contribution in [3.05, 3.63) is 58.4 Å². The van der Waals surface area contributed by atoms with Crippen LogP contribution in [-0.2, 0) is 11.2 Å². The highest BCUT2D eigenvalue weighted by Gasteiger charge is 2.14. The molecule has 1 N–H and O–H groups in total. The van der Waals surface area contributed by atoms with Gasteiger partial charge in [-0.25, -0.2) is 9.67 Å². The Morgan fingerprint density at radius 3 is 2.62 bits per heavy atom. The highest BCUT2D eigenvalue weighted by molar-refractivity contribution is 7.15. The van der Waals surface area contributed by atoms with Gasteiger partial charge in [-0.05, 0) is 44.9 Å². The Kier molecular flexibility index (Phi) is 4.76. The lowest BCUT2D eigenvalue weighted by molar-refractivity contribution is -0.116. The van der Waals surface area contributed by atoms with Crippen LogP contribution in [0.25, 0.3) is 5.69 Å². The van der Waals surface area contributed by atoms with Crippen molar-refractivity contribution in [1.82, 2.24) is 14.8 Å². The molecule has 0 spiro atoms. The normalized spacial score (nSPS) is 10.8. The van der Waals surface area contributed by atoms with E-state index in [1.807, 2.05) is 55.8 Å². The lowest BCUT2D eigenvalue weighted by atomic mass is 10.1. The van der Waals surface area contributed by atoms with Crippen LogP contribution in [0.1, 0.15) is 28.2 Å². The van der Waals surface area contributed by atoms with Crippen LogP contribution in [0.3, 0.4) is 0 Å². The fraction of sp³-hybridized carbons (Fsp3) is 0.278. The molecular formula is C18H20N4OS. The van der Waals surface area contributed by atoms with Crippen LogP contribution in [0.5, 0.6) is 0 Å². The maximum atomic E-state index is 12.1. The summed E-state index contributed by atoms with van der Waals surface area (Å²) in [5.74, 6) is -0.0180. The molecule has 0 atom stereocenters. The highest BCUT2D eigenvalue weighted by atomic mass is 32.1. The van der Waals surface area contributed by atoms with Gasteiger partial charge in [-0.1, -0.05) is 18.2 Å². The third-order valence-electron chi connectivity index (χ3n) is 3.91. The number of anilines is 1. The summed E-state index contributed by atoms with van der Waals surface area (Å²) in [6.45, 7) is 6.01. The number of aromatic nitrogens is 3. The molecule has 0 fully saturated rings. The topological polar surface area (TPSA) is 59.8 Å². The van der Waals surface area contributed by atoms with Gasteiger partial charge in [-0.2, -0.15) is 5.10 Å². The minimum atomic E-state index is -0.0180. The first-order valence-electron chi connectivity index (χ1n) is 7.87. The maximum absolute atomic E-state index is 12.1. The Labute approximate surface area is 145 Å². The Balaban J connectivity index is 1.69. The molecular weight excluding hydrogens is 320 g/mol. The highest BCUT2D eigenvalue weighted by Crippen LogP contribution is 2.20. The largest absolute Gasteiger partial charge is 0.302 e. The van der Waals surface area contributed by atoms with Gasteiger partial charge in [0, 0.05) is 23.2 Å². The van der Waals surface area contributed by atoms with Crippen LogP contribution in [0.2, 0.25) is 0 Å². The molecule has 0 radical (unpaired) electrons. The lowest BCUT2D eigenvalue weighted by Crippen LogP contribution is -2.12. The van der Waals surface area contributed by atoms with Crippen molar-refractivity contribution >= 4 is 22.4 Å². The monoisotopic (exact) mass is 340 g/mol. The van der Waals surface area contributed by atoms with E-state index in [1.165, 1.54) is 11.3 Å². The van der Waals surface area contributed by atoms with E-state index in [4.69, 9.17) is 0 Å². The molecule has 24 heavy (non-hydrogen) atoms. The first-order chi connectivity index (χ1) is 11.5. The quantitative estimate of drug-likeness (QED) is 0.768. The average molecular weight is 340 g/mol. The number of hydrogen-bond donors (Lipinski definition) is 1. The lowest BCUT2D eigenvalue weighted by Gasteiger charge is -2.05. The van der Waals surface area contributed by atoms with Crippen molar-refractivity contribution < 1.29 is 4.79 Å². The van der Waals surface area contributed by atoms with Gasteiger partial charge in [0.05, 0.1) is 11.4 Å². The molecule has 0 aliphatic carbocycles. The van der Waals surface area contributed by atoms with Crippen LogP contribution < -0.4 is 5.32 Å². The molecule has 2 heterocycles. The number of benzene rings is 1. The van der Waals surface area contributed by atoms with E-state index in [0.29, 0.717) is 18.0 Å². The number of para-hydroxylation sites is 1. The van der Waals surface area contributed by atoms with E-state index in [-0.39, 0.29) is 5.91 Å². The average Bonchev–Trinajstić information content (AvgIpc) is 3.10. The summed E-state index contributed by atoms with van der Waals surface area (Å²) in [4.78, 5) is 17.4. The molecule has 1 aromatic carbocycles. The molecule has 3 rings (SSSR count). The summed E-state index contributed by atoms with van der Waals surface area (Å²) in [5, 5.41) is 8.13. The molecule has 2 aromatic heterocycles. The van der Waals surface area contributed by atoms with Gasteiger partial charge in [-0.3, -0.25) is 4.79 Å². The maximum Gasteiger partial charge on any atom is 0.226 e. The standard InChI is InChI=1S/C18H20N4OS/c1-12-11-19-18(24-12)20-17(23)10-9-16-13(2)21-22(14(16)3)15-7-5-4-6-8-15/h4-8,11H,9-10H2,1-3H3,(H,19,20,23). The summed E-state index contributed by atoms with van der Waals surface area (Å²) in [6.07, 6.45) is 2.85. The summed E-state index contributed by atoms with van der Waals surface area (Å²) in [5.41, 5.74) is 4.21. The number of nitrogens with zero attached hydrogens (tertiary/aromatic N) is 3. The fourth-order valence-corrected chi connectivity index (χ4v) is 3.37. The number of carbonyl (C=O) groups is 1. The Hall–Kier alpha value is -2.47. The molecule has 1 amide bonds. The van der Waals surface area contributed by atoms with Crippen molar-refractivity contribution in [2.45, 2.75) is 33.6 Å². The zero-order chi connectivity index (χ0) is 17.1. The number of thiazole rings is 1. The van der Waals surface area contributed by atoms with Gasteiger partial charge in [-0.15, -0.1) is 11.3 Å². The summed E-state index contributed by atoms with van der Waals surface area (Å²) >= 11 is 1.49. The SMILES string of the molecule is Cc1cnc(NC(=O)CCc2c(C)nn(-c3ccccc3)c2C)s1. The van der Waals surface area contributed by atoms with Crippen molar-refractivity contribution in [1.29, 1.82) is 0 Å².